The van der Waals surface area contributed by atoms with E-state index >= 15 is 0 Å². The number of carbonyl (C=O) groups excluding carboxylic acids is 2. The summed E-state index contributed by atoms with van der Waals surface area (Å²) in [6.07, 6.45) is 0. The van der Waals surface area contributed by atoms with Gasteiger partial charge in [0.05, 0.1) is 6.04 Å². The minimum atomic E-state index is -0.571. The molecule has 0 bridgehead atoms. The Bertz CT molecular complexity index is 406. The van der Waals surface area contributed by atoms with Crippen LogP contribution >= 0.6 is 24.0 Å². The molecule has 1 rings (SSSR count). The minimum Gasteiger partial charge on any atom is -0.344 e. The van der Waals surface area contributed by atoms with Gasteiger partial charge in [-0.25, -0.2) is 0 Å². The summed E-state index contributed by atoms with van der Waals surface area (Å²) in [5.41, 5.74) is 0. The summed E-state index contributed by atoms with van der Waals surface area (Å²) in [7, 11) is 1.74. The highest BCUT2D eigenvalue weighted by Crippen LogP contribution is 2.23. The van der Waals surface area contributed by atoms with E-state index < -0.39 is 6.04 Å². The number of likely N-dealkylation sites (N-methyl/N-ethyl adjacent to an activating group) is 1. The van der Waals surface area contributed by atoms with Gasteiger partial charge in [-0.1, -0.05) is 6.07 Å². The Hall–Kier alpha value is -1.01. The molecule has 0 spiro atoms. The molecule has 1 aromatic heterocycles. The van der Waals surface area contributed by atoms with Gasteiger partial charge in [-0.3, -0.25) is 9.59 Å². The van der Waals surface area contributed by atoms with E-state index in [0.29, 0.717) is 5.75 Å². The molecule has 18 heavy (non-hydrogen) atoms. The molecule has 0 fully saturated rings. The van der Waals surface area contributed by atoms with Gasteiger partial charge in [0, 0.05) is 24.6 Å². The standard InChI is InChI=1S/C12H18N2O2S2/c1-8(11-5-4-6-18-11)14(3)12(16)10(7-17)13-9(2)15/h4-6,8,10,17H,7H2,1-3H3,(H,13,15). The monoisotopic (exact) mass is 286 g/mol. The molecule has 0 aliphatic rings. The minimum absolute atomic E-state index is 0.00589. The van der Waals surface area contributed by atoms with Gasteiger partial charge in [0.1, 0.15) is 6.04 Å². The molecule has 2 atom stereocenters. The molecule has 100 valence electrons. The van der Waals surface area contributed by atoms with Crippen LogP contribution in [0.15, 0.2) is 17.5 Å². The number of thiol groups is 1. The van der Waals surface area contributed by atoms with Crippen LogP contribution in [0, 0.1) is 0 Å². The largest absolute Gasteiger partial charge is 0.344 e. The third kappa shape index (κ3) is 3.74. The lowest BCUT2D eigenvalue weighted by Crippen LogP contribution is -2.48. The van der Waals surface area contributed by atoms with Crippen LogP contribution in [0.4, 0.5) is 0 Å². The molecular formula is C12H18N2O2S2. The molecule has 1 heterocycles. The predicted molar refractivity (Wildman–Crippen MR) is 77.0 cm³/mol. The lowest BCUT2D eigenvalue weighted by Gasteiger charge is -2.28. The first kappa shape index (κ1) is 15.0. The number of nitrogens with zero attached hydrogens (tertiary/aromatic N) is 1. The van der Waals surface area contributed by atoms with Gasteiger partial charge in [0.25, 0.3) is 0 Å². The Kier molecular flexibility index (Phi) is 5.68. The highest BCUT2D eigenvalue weighted by molar-refractivity contribution is 7.80. The summed E-state index contributed by atoms with van der Waals surface area (Å²) in [6.45, 7) is 3.36. The van der Waals surface area contributed by atoms with E-state index in [-0.39, 0.29) is 17.9 Å². The first-order valence-corrected chi connectivity index (χ1v) is 7.16. The molecule has 6 heteroatoms. The molecule has 1 aromatic rings. The van der Waals surface area contributed by atoms with Crippen molar-refractivity contribution in [2.75, 3.05) is 12.8 Å². The van der Waals surface area contributed by atoms with E-state index in [4.69, 9.17) is 0 Å². The summed E-state index contributed by atoms with van der Waals surface area (Å²) in [6, 6.07) is 3.37. The summed E-state index contributed by atoms with van der Waals surface area (Å²) in [5.74, 6) is -0.0550. The fourth-order valence-electron chi connectivity index (χ4n) is 1.59. The quantitative estimate of drug-likeness (QED) is 0.810. The summed E-state index contributed by atoms with van der Waals surface area (Å²) in [4.78, 5) is 26.0. The Morgan fingerprint density at radius 1 is 1.56 bits per heavy atom. The SMILES string of the molecule is CC(=O)NC(CS)C(=O)N(C)C(C)c1cccs1. The van der Waals surface area contributed by atoms with Gasteiger partial charge < -0.3 is 10.2 Å². The van der Waals surface area contributed by atoms with Crippen molar-refractivity contribution in [1.29, 1.82) is 0 Å². The normalized spacial score (nSPS) is 13.8. The Labute approximate surface area is 117 Å². The maximum atomic E-state index is 12.2. The smallest absolute Gasteiger partial charge is 0.246 e. The van der Waals surface area contributed by atoms with Crippen molar-refractivity contribution in [1.82, 2.24) is 10.2 Å². The van der Waals surface area contributed by atoms with Crippen LogP contribution in [-0.4, -0.2) is 35.6 Å². The summed E-state index contributed by atoms with van der Waals surface area (Å²) < 4.78 is 0. The average Bonchev–Trinajstić information content (AvgIpc) is 2.86. The third-order valence-electron chi connectivity index (χ3n) is 2.74. The first-order valence-electron chi connectivity index (χ1n) is 5.65. The zero-order valence-corrected chi connectivity index (χ0v) is 12.4. The van der Waals surface area contributed by atoms with Crippen molar-refractivity contribution in [3.63, 3.8) is 0 Å². The number of amides is 2. The molecule has 0 aliphatic heterocycles. The second kappa shape index (κ2) is 6.80. The Balaban J connectivity index is 2.72. The van der Waals surface area contributed by atoms with Gasteiger partial charge in [0.15, 0.2) is 0 Å². The number of thiophene rings is 1. The van der Waals surface area contributed by atoms with E-state index in [0.717, 1.165) is 4.88 Å². The second-order valence-electron chi connectivity index (χ2n) is 4.08. The zero-order chi connectivity index (χ0) is 13.7. The van der Waals surface area contributed by atoms with E-state index in [9.17, 15) is 9.59 Å². The molecular weight excluding hydrogens is 268 g/mol. The lowest BCUT2D eigenvalue weighted by atomic mass is 10.2. The number of carbonyl (C=O) groups is 2. The highest BCUT2D eigenvalue weighted by Gasteiger charge is 2.25. The van der Waals surface area contributed by atoms with Crippen LogP contribution in [0.5, 0.6) is 0 Å². The topological polar surface area (TPSA) is 49.4 Å². The van der Waals surface area contributed by atoms with E-state index in [2.05, 4.69) is 17.9 Å². The van der Waals surface area contributed by atoms with Crippen LogP contribution in [-0.2, 0) is 9.59 Å². The van der Waals surface area contributed by atoms with Gasteiger partial charge in [-0.05, 0) is 18.4 Å². The van der Waals surface area contributed by atoms with Crippen molar-refractivity contribution in [3.8, 4) is 0 Å². The van der Waals surface area contributed by atoms with Gasteiger partial charge in [0.2, 0.25) is 11.8 Å². The van der Waals surface area contributed by atoms with Gasteiger partial charge >= 0.3 is 0 Å². The molecule has 4 nitrogen and oxygen atoms in total. The van der Waals surface area contributed by atoms with Crippen LogP contribution in [0.3, 0.4) is 0 Å². The van der Waals surface area contributed by atoms with Crippen LogP contribution in [0.2, 0.25) is 0 Å². The molecule has 0 saturated carbocycles. The molecule has 2 unspecified atom stereocenters. The van der Waals surface area contributed by atoms with Crippen LogP contribution < -0.4 is 5.32 Å². The maximum Gasteiger partial charge on any atom is 0.246 e. The zero-order valence-electron chi connectivity index (χ0n) is 10.7. The molecule has 0 saturated heterocycles. The summed E-state index contributed by atoms with van der Waals surface area (Å²) >= 11 is 5.72. The molecule has 0 aliphatic carbocycles. The van der Waals surface area contributed by atoms with Crippen LogP contribution in [0.1, 0.15) is 24.8 Å². The molecule has 0 radical (unpaired) electrons. The van der Waals surface area contributed by atoms with E-state index in [1.54, 1.807) is 23.3 Å². The number of nitrogens with one attached hydrogen (secondary N) is 1. The van der Waals surface area contributed by atoms with Gasteiger partial charge in [-0.2, -0.15) is 12.6 Å². The number of hydrogen-bond acceptors (Lipinski definition) is 4. The Morgan fingerprint density at radius 2 is 2.22 bits per heavy atom. The number of hydrogen-bond donors (Lipinski definition) is 2. The predicted octanol–water partition coefficient (Wildman–Crippen LogP) is 1.70. The average molecular weight is 286 g/mol. The Morgan fingerprint density at radius 3 is 2.67 bits per heavy atom. The highest BCUT2D eigenvalue weighted by atomic mass is 32.1. The fourth-order valence-corrected chi connectivity index (χ4v) is 2.66. The van der Waals surface area contributed by atoms with E-state index in [1.165, 1.54) is 6.92 Å². The van der Waals surface area contributed by atoms with Crippen molar-refractivity contribution in [2.45, 2.75) is 25.9 Å². The molecule has 0 aromatic carbocycles. The van der Waals surface area contributed by atoms with Crippen LogP contribution in [0.25, 0.3) is 0 Å². The third-order valence-corrected chi connectivity index (χ3v) is 4.15. The van der Waals surface area contributed by atoms with Crippen molar-refractivity contribution >= 4 is 35.8 Å². The van der Waals surface area contributed by atoms with Crippen molar-refractivity contribution in [2.24, 2.45) is 0 Å². The van der Waals surface area contributed by atoms with E-state index in [1.807, 2.05) is 24.4 Å². The summed E-state index contributed by atoms with van der Waals surface area (Å²) in [5, 5.41) is 4.59. The second-order valence-corrected chi connectivity index (χ2v) is 5.42. The van der Waals surface area contributed by atoms with Crippen molar-refractivity contribution in [3.05, 3.63) is 22.4 Å². The molecule has 2 amide bonds. The maximum absolute atomic E-state index is 12.2. The lowest BCUT2D eigenvalue weighted by molar-refractivity contribution is -0.135. The van der Waals surface area contributed by atoms with Crippen molar-refractivity contribution < 1.29 is 9.59 Å². The number of rotatable bonds is 5. The fraction of sp³-hybridized carbons (Fsp3) is 0.500. The first-order chi connectivity index (χ1) is 8.47. The van der Waals surface area contributed by atoms with Gasteiger partial charge in [-0.15, -0.1) is 11.3 Å². The molecule has 1 N–H and O–H groups in total.